The first-order valence-electron chi connectivity index (χ1n) is 8.40. The van der Waals surface area contributed by atoms with Gasteiger partial charge in [0.2, 0.25) is 0 Å². The molecule has 1 aliphatic rings. The summed E-state index contributed by atoms with van der Waals surface area (Å²) in [6, 6.07) is 18.0. The van der Waals surface area contributed by atoms with E-state index in [0.717, 1.165) is 43.3 Å². The van der Waals surface area contributed by atoms with Crippen LogP contribution in [0.4, 0.5) is 0 Å². The predicted molar refractivity (Wildman–Crippen MR) is 98.2 cm³/mol. The summed E-state index contributed by atoms with van der Waals surface area (Å²) < 4.78 is 0. The Morgan fingerprint density at radius 1 is 1.04 bits per heavy atom. The van der Waals surface area contributed by atoms with Crippen LogP contribution in [-0.2, 0) is 11.3 Å². The summed E-state index contributed by atoms with van der Waals surface area (Å²) in [5.41, 5.74) is 2.33. The second-order valence-corrected chi connectivity index (χ2v) is 6.80. The van der Waals surface area contributed by atoms with Crippen molar-refractivity contribution in [3.63, 3.8) is 0 Å². The van der Waals surface area contributed by atoms with E-state index in [2.05, 4.69) is 15.9 Å². The van der Waals surface area contributed by atoms with E-state index in [9.17, 15) is 4.79 Å². The molecule has 3 rings (SSSR count). The van der Waals surface area contributed by atoms with Gasteiger partial charge in [0.1, 0.15) is 0 Å². The van der Waals surface area contributed by atoms with Gasteiger partial charge < -0.3 is 0 Å². The highest BCUT2D eigenvalue weighted by molar-refractivity contribution is 6.30. The average molecular weight is 343 g/mol. The van der Waals surface area contributed by atoms with Crippen molar-refractivity contribution in [3.8, 4) is 0 Å². The van der Waals surface area contributed by atoms with E-state index >= 15 is 0 Å². The number of rotatable bonds is 5. The lowest BCUT2D eigenvalue weighted by atomic mass is 10.0. The molecule has 1 unspecified atom stereocenters. The Morgan fingerprint density at radius 3 is 2.38 bits per heavy atom. The maximum absolute atomic E-state index is 12.2. The molecule has 0 aliphatic carbocycles. The highest BCUT2D eigenvalue weighted by Gasteiger charge is 2.27. The summed E-state index contributed by atoms with van der Waals surface area (Å²) in [7, 11) is 0. The number of nitrogens with zero attached hydrogens (tertiary/aromatic N) is 2. The molecule has 0 N–H and O–H groups in total. The standard InChI is InChI=1S/C20H23ClN2O/c1-16(24)20(18-7-3-2-4-8-18)23-12-10-22(11-13-23)15-17-6-5-9-19(21)14-17/h2-9,14,20H,10-13,15H2,1H3. The first-order chi connectivity index (χ1) is 11.6. The molecule has 3 nitrogen and oxygen atoms in total. The van der Waals surface area contributed by atoms with Crippen LogP contribution < -0.4 is 0 Å². The molecule has 1 fully saturated rings. The third-order valence-corrected chi connectivity index (χ3v) is 4.80. The van der Waals surface area contributed by atoms with Crippen LogP contribution in [0.15, 0.2) is 54.6 Å². The fourth-order valence-electron chi connectivity index (χ4n) is 3.41. The fraction of sp³-hybridized carbons (Fsp3) is 0.350. The molecular formula is C20H23ClN2O. The number of hydrogen-bond acceptors (Lipinski definition) is 3. The smallest absolute Gasteiger partial charge is 0.151 e. The molecule has 4 heteroatoms. The van der Waals surface area contributed by atoms with Gasteiger partial charge in [-0.2, -0.15) is 0 Å². The summed E-state index contributed by atoms with van der Waals surface area (Å²) >= 11 is 6.07. The first-order valence-corrected chi connectivity index (χ1v) is 8.77. The largest absolute Gasteiger partial charge is 0.298 e. The molecular weight excluding hydrogens is 320 g/mol. The monoisotopic (exact) mass is 342 g/mol. The van der Waals surface area contributed by atoms with Gasteiger partial charge in [0.25, 0.3) is 0 Å². The van der Waals surface area contributed by atoms with Crippen LogP contribution in [0.2, 0.25) is 5.02 Å². The van der Waals surface area contributed by atoms with E-state index in [-0.39, 0.29) is 11.8 Å². The van der Waals surface area contributed by atoms with Gasteiger partial charge in [0, 0.05) is 37.7 Å². The van der Waals surface area contributed by atoms with Gasteiger partial charge in [-0.05, 0) is 30.2 Å². The minimum atomic E-state index is -0.125. The van der Waals surface area contributed by atoms with Crippen molar-refractivity contribution < 1.29 is 4.79 Å². The highest BCUT2D eigenvalue weighted by Crippen LogP contribution is 2.23. The molecule has 2 aromatic rings. The van der Waals surface area contributed by atoms with Gasteiger partial charge in [-0.1, -0.05) is 54.1 Å². The number of piperazine rings is 1. The lowest BCUT2D eigenvalue weighted by molar-refractivity contribution is -0.123. The van der Waals surface area contributed by atoms with Gasteiger partial charge in [0.15, 0.2) is 5.78 Å². The van der Waals surface area contributed by atoms with Crippen LogP contribution in [0.5, 0.6) is 0 Å². The quantitative estimate of drug-likeness (QED) is 0.826. The SMILES string of the molecule is CC(=O)C(c1ccccc1)N1CCN(Cc2cccc(Cl)c2)CC1. The lowest BCUT2D eigenvalue weighted by Gasteiger charge is -2.38. The van der Waals surface area contributed by atoms with Crippen molar-refractivity contribution in [1.29, 1.82) is 0 Å². The van der Waals surface area contributed by atoms with Crippen LogP contribution in [0.1, 0.15) is 24.1 Å². The summed E-state index contributed by atoms with van der Waals surface area (Å²) in [6.07, 6.45) is 0. The Morgan fingerprint density at radius 2 is 1.75 bits per heavy atom. The van der Waals surface area contributed by atoms with Gasteiger partial charge in [0.05, 0.1) is 6.04 Å². The molecule has 0 spiro atoms. The Hall–Kier alpha value is -1.68. The van der Waals surface area contributed by atoms with Gasteiger partial charge in [-0.25, -0.2) is 0 Å². The van der Waals surface area contributed by atoms with Crippen molar-refractivity contribution >= 4 is 17.4 Å². The Kier molecular flexibility index (Phi) is 5.67. The normalized spacial score (nSPS) is 17.6. The molecule has 0 saturated carbocycles. The summed E-state index contributed by atoms with van der Waals surface area (Å²) in [6.45, 7) is 6.33. The van der Waals surface area contributed by atoms with Crippen LogP contribution in [0.25, 0.3) is 0 Å². The van der Waals surface area contributed by atoms with Crippen LogP contribution in [-0.4, -0.2) is 41.8 Å². The zero-order valence-electron chi connectivity index (χ0n) is 14.0. The summed E-state index contributed by atoms with van der Waals surface area (Å²) in [5, 5.41) is 0.784. The number of carbonyl (C=O) groups is 1. The average Bonchev–Trinajstić information content (AvgIpc) is 2.57. The lowest BCUT2D eigenvalue weighted by Crippen LogP contribution is -2.48. The minimum Gasteiger partial charge on any atom is -0.298 e. The molecule has 2 aromatic carbocycles. The van der Waals surface area contributed by atoms with E-state index in [4.69, 9.17) is 11.6 Å². The molecule has 1 aliphatic heterocycles. The maximum atomic E-state index is 12.2. The van der Waals surface area contributed by atoms with Crippen molar-refractivity contribution in [3.05, 3.63) is 70.7 Å². The number of ketones is 1. The third-order valence-electron chi connectivity index (χ3n) is 4.57. The zero-order valence-corrected chi connectivity index (χ0v) is 14.7. The molecule has 0 aromatic heterocycles. The van der Waals surface area contributed by atoms with Crippen molar-refractivity contribution in [2.45, 2.75) is 19.5 Å². The van der Waals surface area contributed by atoms with E-state index in [1.807, 2.05) is 48.5 Å². The number of Topliss-reactive ketones (excluding diaryl/α,β-unsaturated/α-hetero) is 1. The van der Waals surface area contributed by atoms with Crippen molar-refractivity contribution in [2.24, 2.45) is 0 Å². The van der Waals surface area contributed by atoms with Crippen molar-refractivity contribution in [2.75, 3.05) is 26.2 Å². The third kappa shape index (κ3) is 4.23. The fourth-order valence-corrected chi connectivity index (χ4v) is 3.62. The number of carbonyl (C=O) groups excluding carboxylic acids is 1. The van der Waals surface area contributed by atoms with Crippen LogP contribution in [0.3, 0.4) is 0 Å². The van der Waals surface area contributed by atoms with E-state index in [1.165, 1.54) is 5.56 Å². The number of hydrogen-bond donors (Lipinski definition) is 0. The van der Waals surface area contributed by atoms with Crippen LogP contribution >= 0.6 is 11.6 Å². The van der Waals surface area contributed by atoms with Crippen LogP contribution in [0, 0.1) is 0 Å². The molecule has 0 bridgehead atoms. The van der Waals surface area contributed by atoms with Crippen molar-refractivity contribution in [1.82, 2.24) is 9.80 Å². The Bertz CT molecular complexity index is 681. The number of benzene rings is 2. The first kappa shape index (κ1) is 17.2. The maximum Gasteiger partial charge on any atom is 0.151 e. The molecule has 0 radical (unpaired) electrons. The number of halogens is 1. The highest BCUT2D eigenvalue weighted by atomic mass is 35.5. The predicted octanol–water partition coefficient (Wildman–Crippen LogP) is 3.79. The molecule has 0 amide bonds. The molecule has 1 atom stereocenters. The van der Waals surface area contributed by atoms with Gasteiger partial charge >= 0.3 is 0 Å². The van der Waals surface area contributed by atoms with Gasteiger partial charge in [-0.3, -0.25) is 14.6 Å². The molecule has 1 heterocycles. The molecule has 24 heavy (non-hydrogen) atoms. The summed E-state index contributed by atoms with van der Waals surface area (Å²) in [4.78, 5) is 16.9. The zero-order chi connectivity index (χ0) is 16.9. The van der Waals surface area contributed by atoms with Gasteiger partial charge in [-0.15, -0.1) is 0 Å². The van der Waals surface area contributed by atoms with E-state index < -0.39 is 0 Å². The Labute approximate surface area is 148 Å². The second kappa shape index (κ2) is 7.93. The molecule has 126 valence electrons. The second-order valence-electron chi connectivity index (χ2n) is 6.37. The minimum absolute atomic E-state index is 0.125. The topological polar surface area (TPSA) is 23.6 Å². The van der Waals surface area contributed by atoms with E-state index in [1.54, 1.807) is 6.92 Å². The Balaban J connectivity index is 1.62. The summed E-state index contributed by atoms with van der Waals surface area (Å²) in [5.74, 6) is 0.212. The molecule has 1 saturated heterocycles. The van der Waals surface area contributed by atoms with E-state index in [0.29, 0.717) is 0 Å².